The van der Waals surface area contributed by atoms with Gasteiger partial charge in [0.25, 0.3) is 0 Å². The monoisotopic (exact) mass is 301 g/mol. The smallest absolute Gasteiger partial charge is 0.408 e. The third-order valence-corrected chi connectivity index (χ3v) is 4.53. The van der Waals surface area contributed by atoms with Crippen LogP contribution in [0.4, 0.5) is 0 Å². The standard InChI is InChI=1S/C17H16ClNO2/c1-11(12-6-4-3-5-7-12)16(18)13-8-9-14-15(10-13)21-17(20)19(14)2/h3-11,16H,1-2H3. The second-order valence-corrected chi connectivity index (χ2v) is 5.73. The largest absolute Gasteiger partial charge is 0.419 e. The van der Waals surface area contributed by atoms with Crippen molar-refractivity contribution in [3.8, 4) is 0 Å². The van der Waals surface area contributed by atoms with E-state index in [9.17, 15) is 4.79 Å². The summed E-state index contributed by atoms with van der Waals surface area (Å²) in [4.78, 5) is 11.5. The van der Waals surface area contributed by atoms with E-state index in [1.54, 1.807) is 7.05 Å². The van der Waals surface area contributed by atoms with Crippen molar-refractivity contribution in [1.82, 2.24) is 4.57 Å². The van der Waals surface area contributed by atoms with Gasteiger partial charge in [-0.2, -0.15) is 0 Å². The second-order valence-electron chi connectivity index (χ2n) is 5.26. The van der Waals surface area contributed by atoms with Crippen molar-refractivity contribution in [2.45, 2.75) is 18.2 Å². The maximum absolute atomic E-state index is 11.5. The van der Waals surface area contributed by atoms with E-state index in [4.69, 9.17) is 16.0 Å². The Morgan fingerprint density at radius 2 is 1.81 bits per heavy atom. The molecule has 0 saturated heterocycles. The summed E-state index contributed by atoms with van der Waals surface area (Å²) in [7, 11) is 1.69. The van der Waals surface area contributed by atoms with E-state index in [0.717, 1.165) is 11.1 Å². The molecule has 2 unspecified atom stereocenters. The van der Waals surface area contributed by atoms with E-state index in [1.165, 1.54) is 10.1 Å². The van der Waals surface area contributed by atoms with E-state index >= 15 is 0 Å². The van der Waals surface area contributed by atoms with Crippen LogP contribution in [0.2, 0.25) is 0 Å². The molecule has 2 atom stereocenters. The van der Waals surface area contributed by atoms with Crippen LogP contribution in [0.5, 0.6) is 0 Å². The maximum Gasteiger partial charge on any atom is 0.419 e. The molecule has 21 heavy (non-hydrogen) atoms. The molecule has 0 radical (unpaired) electrons. The Morgan fingerprint density at radius 1 is 1.10 bits per heavy atom. The first-order valence-corrected chi connectivity index (χ1v) is 7.30. The third kappa shape index (κ3) is 2.49. The van der Waals surface area contributed by atoms with Crippen LogP contribution in [0, 0.1) is 0 Å². The first-order chi connectivity index (χ1) is 10.1. The molecule has 3 aromatic rings. The van der Waals surface area contributed by atoms with Crippen LogP contribution in [0.25, 0.3) is 11.1 Å². The van der Waals surface area contributed by atoms with Gasteiger partial charge in [-0.3, -0.25) is 4.57 Å². The van der Waals surface area contributed by atoms with Crippen molar-refractivity contribution < 1.29 is 4.42 Å². The zero-order valence-corrected chi connectivity index (χ0v) is 12.7. The fourth-order valence-electron chi connectivity index (χ4n) is 2.54. The van der Waals surface area contributed by atoms with Gasteiger partial charge in [-0.1, -0.05) is 43.3 Å². The number of aryl methyl sites for hydroxylation is 1. The van der Waals surface area contributed by atoms with E-state index < -0.39 is 0 Å². The topological polar surface area (TPSA) is 35.1 Å². The SMILES string of the molecule is CC(c1ccccc1)C(Cl)c1ccc2c(c1)oc(=O)n2C. The van der Waals surface area contributed by atoms with Crippen LogP contribution >= 0.6 is 11.6 Å². The van der Waals surface area contributed by atoms with Gasteiger partial charge < -0.3 is 4.42 Å². The average molecular weight is 302 g/mol. The lowest BCUT2D eigenvalue weighted by molar-refractivity contribution is 0.527. The highest BCUT2D eigenvalue weighted by Crippen LogP contribution is 2.36. The predicted molar refractivity (Wildman–Crippen MR) is 84.9 cm³/mol. The Labute approximate surface area is 127 Å². The van der Waals surface area contributed by atoms with Crippen molar-refractivity contribution in [2.24, 2.45) is 7.05 Å². The molecule has 0 aliphatic rings. The second kappa shape index (κ2) is 5.41. The molecule has 4 heteroatoms. The molecule has 0 saturated carbocycles. The number of aromatic nitrogens is 1. The average Bonchev–Trinajstić information content (AvgIpc) is 2.81. The number of nitrogens with zero attached hydrogens (tertiary/aromatic N) is 1. The quantitative estimate of drug-likeness (QED) is 0.679. The van der Waals surface area contributed by atoms with Crippen LogP contribution in [0.15, 0.2) is 57.7 Å². The molecule has 3 nitrogen and oxygen atoms in total. The molecular formula is C17H16ClNO2. The molecule has 0 aliphatic heterocycles. The molecule has 3 rings (SSSR count). The highest BCUT2D eigenvalue weighted by atomic mass is 35.5. The molecule has 0 N–H and O–H groups in total. The highest BCUT2D eigenvalue weighted by Gasteiger charge is 2.19. The predicted octanol–water partition coefficient (Wildman–Crippen LogP) is 4.22. The van der Waals surface area contributed by atoms with E-state index in [2.05, 4.69) is 19.1 Å². The summed E-state index contributed by atoms with van der Waals surface area (Å²) in [5.74, 6) is -0.190. The summed E-state index contributed by atoms with van der Waals surface area (Å²) in [6, 6.07) is 15.8. The zero-order chi connectivity index (χ0) is 15.0. The Balaban J connectivity index is 1.98. The molecule has 1 aromatic heterocycles. The summed E-state index contributed by atoms with van der Waals surface area (Å²) < 4.78 is 6.71. The Morgan fingerprint density at radius 3 is 2.52 bits per heavy atom. The lowest BCUT2D eigenvalue weighted by Gasteiger charge is -2.18. The Bertz CT molecular complexity index is 820. The van der Waals surface area contributed by atoms with Gasteiger partial charge in [0.1, 0.15) is 0 Å². The van der Waals surface area contributed by atoms with E-state index in [-0.39, 0.29) is 17.1 Å². The summed E-state index contributed by atoms with van der Waals surface area (Å²) in [5.41, 5.74) is 3.49. The van der Waals surface area contributed by atoms with Gasteiger partial charge in [0.15, 0.2) is 5.58 Å². The van der Waals surface area contributed by atoms with Crippen molar-refractivity contribution in [1.29, 1.82) is 0 Å². The Hall–Kier alpha value is -2.00. The fourth-order valence-corrected chi connectivity index (χ4v) is 2.82. The minimum Gasteiger partial charge on any atom is -0.408 e. The van der Waals surface area contributed by atoms with Crippen molar-refractivity contribution in [3.05, 3.63) is 70.2 Å². The van der Waals surface area contributed by atoms with Crippen LogP contribution in [-0.4, -0.2) is 4.57 Å². The summed E-state index contributed by atoms with van der Waals surface area (Å²) in [6.45, 7) is 2.10. The molecule has 2 aromatic carbocycles. The molecule has 0 fully saturated rings. The van der Waals surface area contributed by atoms with Gasteiger partial charge in [-0.15, -0.1) is 11.6 Å². The number of benzene rings is 2. The molecular weight excluding hydrogens is 286 g/mol. The van der Waals surface area contributed by atoms with Gasteiger partial charge in [-0.25, -0.2) is 4.79 Å². The molecule has 0 bridgehead atoms. The van der Waals surface area contributed by atoms with Crippen molar-refractivity contribution in [2.75, 3.05) is 0 Å². The van der Waals surface area contributed by atoms with Gasteiger partial charge in [-0.05, 0) is 23.3 Å². The van der Waals surface area contributed by atoms with Gasteiger partial charge in [0.2, 0.25) is 0 Å². The first kappa shape index (κ1) is 14.0. The zero-order valence-electron chi connectivity index (χ0n) is 11.9. The van der Waals surface area contributed by atoms with Crippen LogP contribution in [0.1, 0.15) is 29.3 Å². The number of alkyl halides is 1. The summed E-state index contributed by atoms with van der Waals surface area (Å²) in [6.07, 6.45) is 0. The van der Waals surface area contributed by atoms with Gasteiger partial charge in [0.05, 0.1) is 10.9 Å². The van der Waals surface area contributed by atoms with Crippen LogP contribution in [0.3, 0.4) is 0 Å². The van der Waals surface area contributed by atoms with Crippen LogP contribution in [-0.2, 0) is 7.05 Å². The number of halogens is 1. The lowest BCUT2D eigenvalue weighted by Crippen LogP contribution is -2.08. The van der Waals surface area contributed by atoms with Crippen molar-refractivity contribution in [3.63, 3.8) is 0 Å². The van der Waals surface area contributed by atoms with Gasteiger partial charge >= 0.3 is 5.76 Å². The number of hydrogen-bond donors (Lipinski definition) is 0. The number of fused-ring (bicyclic) bond motifs is 1. The first-order valence-electron chi connectivity index (χ1n) is 6.86. The van der Waals surface area contributed by atoms with Crippen LogP contribution < -0.4 is 5.76 Å². The van der Waals surface area contributed by atoms with Gasteiger partial charge in [0, 0.05) is 13.0 Å². The van der Waals surface area contributed by atoms with Crippen molar-refractivity contribution >= 4 is 22.7 Å². The van der Waals surface area contributed by atoms with E-state index in [0.29, 0.717) is 5.58 Å². The molecule has 1 heterocycles. The minimum atomic E-state index is -0.357. The number of oxazole rings is 1. The Kier molecular flexibility index (Phi) is 3.60. The molecule has 0 aliphatic carbocycles. The normalized spacial score (nSPS) is 14.2. The summed E-state index contributed by atoms with van der Waals surface area (Å²) >= 11 is 6.61. The number of rotatable bonds is 3. The third-order valence-electron chi connectivity index (χ3n) is 3.90. The molecule has 0 amide bonds. The highest BCUT2D eigenvalue weighted by molar-refractivity contribution is 6.21. The number of hydrogen-bond acceptors (Lipinski definition) is 2. The summed E-state index contributed by atoms with van der Waals surface area (Å²) in [5, 5.41) is -0.178. The minimum absolute atomic E-state index is 0.167. The lowest BCUT2D eigenvalue weighted by atomic mass is 9.93. The molecule has 0 spiro atoms. The fraction of sp³-hybridized carbons (Fsp3) is 0.235. The van der Waals surface area contributed by atoms with E-state index in [1.807, 2.05) is 36.4 Å². The maximum atomic E-state index is 11.5. The molecule has 108 valence electrons.